The van der Waals surface area contributed by atoms with E-state index in [2.05, 4.69) is 0 Å². The smallest absolute Gasteiger partial charge is 0.410 e. The van der Waals surface area contributed by atoms with E-state index < -0.39 is 27.9 Å². The van der Waals surface area contributed by atoms with Gasteiger partial charge in [-0.3, -0.25) is 4.18 Å². The van der Waals surface area contributed by atoms with E-state index >= 15 is 0 Å². The van der Waals surface area contributed by atoms with Crippen molar-refractivity contribution in [2.45, 2.75) is 39.4 Å². The summed E-state index contributed by atoms with van der Waals surface area (Å²) in [6.07, 6.45) is -0.152. The van der Waals surface area contributed by atoms with Crippen LogP contribution in [0.25, 0.3) is 0 Å². The second kappa shape index (κ2) is 5.68. The molecule has 17 heavy (non-hydrogen) atoms. The van der Waals surface area contributed by atoms with E-state index in [4.69, 9.17) is 8.92 Å². The zero-order chi connectivity index (χ0) is 13.9. The molecule has 0 rings (SSSR count). The van der Waals surface area contributed by atoms with Crippen molar-refractivity contribution in [3.8, 4) is 0 Å². The average molecular weight is 267 g/mol. The molecule has 0 aliphatic heterocycles. The predicted molar refractivity (Wildman–Crippen MR) is 64.3 cm³/mol. The Balaban J connectivity index is 4.26. The molecule has 0 fully saturated rings. The van der Waals surface area contributed by atoms with Crippen molar-refractivity contribution < 1.29 is 22.1 Å². The van der Waals surface area contributed by atoms with E-state index in [1.807, 2.05) is 0 Å². The minimum Gasteiger partial charge on any atom is -0.444 e. The highest BCUT2D eigenvalue weighted by molar-refractivity contribution is 7.86. The maximum absolute atomic E-state index is 11.6. The van der Waals surface area contributed by atoms with Crippen LogP contribution in [0.15, 0.2) is 0 Å². The zero-order valence-corrected chi connectivity index (χ0v) is 12.0. The van der Waals surface area contributed by atoms with Gasteiger partial charge < -0.3 is 9.64 Å². The number of ether oxygens (including phenoxy) is 1. The molecular weight excluding hydrogens is 246 g/mol. The quantitative estimate of drug-likeness (QED) is 0.716. The number of carbonyl (C=O) groups is 1. The Morgan fingerprint density at radius 3 is 2.18 bits per heavy atom. The monoisotopic (exact) mass is 267 g/mol. The molecule has 0 N–H and O–H groups in total. The van der Waals surface area contributed by atoms with Crippen molar-refractivity contribution in [3.05, 3.63) is 0 Å². The van der Waals surface area contributed by atoms with Gasteiger partial charge in [-0.05, 0) is 27.7 Å². The number of hydrogen-bond donors (Lipinski definition) is 0. The third kappa shape index (κ3) is 8.93. The Labute approximate surface area is 103 Å². The molecule has 0 bridgehead atoms. The van der Waals surface area contributed by atoms with Crippen LogP contribution in [0.1, 0.15) is 27.7 Å². The van der Waals surface area contributed by atoms with Crippen LogP contribution < -0.4 is 0 Å². The molecule has 6 nitrogen and oxygen atoms in total. The van der Waals surface area contributed by atoms with Crippen molar-refractivity contribution in [1.82, 2.24) is 4.90 Å². The standard InChI is InChI=1S/C10H21NO5S/c1-8(16-17(6,13)14)7-11(5)9(12)15-10(2,3)4/h8H,7H2,1-6H3. The van der Waals surface area contributed by atoms with Crippen molar-refractivity contribution >= 4 is 16.2 Å². The first-order chi connectivity index (χ1) is 7.41. The second-order valence-corrected chi connectivity index (χ2v) is 6.57. The SMILES string of the molecule is CC(CN(C)C(=O)OC(C)(C)C)OS(C)(=O)=O. The topological polar surface area (TPSA) is 72.9 Å². The van der Waals surface area contributed by atoms with E-state index in [1.165, 1.54) is 11.9 Å². The highest BCUT2D eigenvalue weighted by atomic mass is 32.2. The van der Waals surface area contributed by atoms with Gasteiger partial charge in [0, 0.05) is 7.05 Å². The van der Waals surface area contributed by atoms with Crippen molar-refractivity contribution in [3.63, 3.8) is 0 Å². The lowest BCUT2D eigenvalue weighted by atomic mass is 10.2. The van der Waals surface area contributed by atoms with Crippen LogP contribution in [0.3, 0.4) is 0 Å². The van der Waals surface area contributed by atoms with Gasteiger partial charge in [0.05, 0.1) is 18.9 Å². The summed E-state index contributed by atoms with van der Waals surface area (Å²) in [5, 5.41) is 0. The highest BCUT2D eigenvalue weighted by Gasteiger charge is 2.22. The van der Waals surface area contributed by atoms with E-state index in [-0.39, 0.29) is 6.54 Å². The van der Waals surface area contributed by atoms with Gasteiger partial charge >= 0.3 is 6.09 Å². The van der Waals surface area contributed by atoms with Gasteiger partial charge in [-0.2, -0.15) is 8.42 Å². The molecule has 0 aromatic heterocycles. The molecule has 102 valence electrons. The first-order valence-electron chi connectivity index (χ1n) is 5.23. The molecule has 0 radical (unpaired) electrons. The first-order valence-corrected chi connectivity index (χ1v) is 7.05. The Morgan fingerprint density at radius 1 is 1.35 bits per heavy atom. The van der Waals surface area contributed by atoms with E-state index in [1.54, 1.807) is 27.7 Å². The minimum atomic E-state index is -3.51. The molecule has 0 saturated heterocycles. The Bertz CT molecular complexity index is 357. The lowest BCUT2D eigenvalue weighted by Gasteiger charge is -2.26. The van der Waals surface area contributed by atoms with Crippen LogP contribution in [0.4, 0.5) is 4.79 Å². The Hall–Kier alpha value is -0.820. The summed E-state index contributed by atoms with van der Waals surface area (Å²) in [7, 11) is -1.98. The first kappa shape index (κ1) is 16.2. The van der Waals surface area contributed by atoms with Crippen LogP contribution in [0.5, 0.6) is 0 Å². The normalized spacial score (nSPS) is 14.2. The van der Waals surface area contributed by atoms with Crippen LogP contribution >= 0.6 is 0 Å². The Morgan fingerprint density at radius 2 is 1.82 bits per heavy atom. The summed E-state index contributed by atoms with van der Waals surface area (Å²) in [4.78, 5) is 12.8. The molecule has 7 heteroatoms. The molecule has 0 heterocycles. The van der Waals surface area contributed by atoms with Crippen LogP contribution in [-0.4, -0.2) is 51.0 Å². The highest BCUT2D eigenvalue weighted by Crippen LogP contribution is 2.10. The molecule has 0 aliphatic rings. The molecule has 0 saturated carbocycles. The fourth-order valence-corrected chi connectivity index (χ4v) is 1.79. The number of carbonyl (C=O) groups excluding carboxylic acids is 1. The summed E-state index contributed by atoms with van der Waals surface area (Å²) in [5.74, 6) is 0. The van der Waals surface area contributed by atoms with Crippen LogP contribution in [-0.2, 0) is 19.0 Å². The summed E-state index contributed by atoms with van der Waals surface area (Å²) in [6.45, 7) is 6.99. The molecular formula is C10H21NO5S. The number of hydrogen-bond acceptors (Lipinski definition) is 5. The third-order valence-corrected chi connectivity index (χ3v) is 2.25. The molecule has 1 unspecified atom stereocenters. The van der Waals surface area contributed by atoms with Gasteiger partial charge in [0.2, 0.25) is 0 Å². The summed E-state index contributed by atoms with van der Waals surface area (Å²) in [5.41, 5.74) is -0.577. The third-order valence-electron chi connectivity index (χ3n) is 1.58. The number of rotatable bonds is 4. The number of likely N-dealkylation sites (N-methyl/N-ethyl adjacent to an activating group) is 1. The van der Waals surface area contributed by atoms with Gasteiger partial charge in [0.15, 0.2) is 0 Å². The molecule has 1 atom stereocenters. The molecule has 0 aliphatic carbocycles. The van der Waals surface area contributed by atoms with Gasteiger partial charge in [-0.1, -0.05) is 0 Å². The number of nitrogens with zero attached hydrogens (tertiary/aromatic N) is 1. The van der Waals surface area contributed by atoms with Gasteiger partial charge in [-0.15, -0.1) is 0 Å². The Kier molecular flexibility index (Phi) is 5.41. The van der Waals surface area contributed by atoms with Crippen molar-refractivity contribution in [2.24, 2.45) is 0 Å². The molecule has 0 spiro atoms. The lowest BCUT2D eigenvalue weighted by molar-refractivity contribution is 0.0240. The maximum atomic E-state index is 11.6. The predicted octanol–water partition coefficient (Wildman–Crippen LogP) is 1.22. The maximum Gasteiger partial charge on any atom is 0.410 e. The molecule has 0 aromatic rings. The van der Waals surface area contributed by atoms with Gasteiger partial charge in [-0.25, -0.2) is 4.79 Å². The van der Waals surface area contributed by atoms with Gasteiger partial charge in [0.25, 0.3) is 10.1 Å². The van der Waals surface area contributed by atoms with Crippen LogP contribution in [0, 0.1) is 0 Å². The van der Waals surface area contributed by atoms with E-state index in [0.29, 0.717) is 0 Å². The van der Waals surface area contributed by atoms with Crippen molar-refractivity contribution in [2.75, 3.05) is 19.8 Å². The van der Waals surface area contributed by atoms with Crippen LogP contribution in [0.2, 0.25) is 0 Å². The lowest BCUT2D eigenvalue weighted by Crippen LogP contribution is -2.38. The summed E-state index contributed by atoms with van der Waals surface area (Å²) < 4.78 is 31.6. The summed E-state index contributed by atoms with van der Waals surface area (Å²) >= 11 is 0. The molecule has 0 aromatic carbocycles. The van der Waals surface area contributed by atoms with E-state index in [0.717, 1.165) is 6.26 Å². The van der Waals surface area contributed by atoms with Crippen molar-refractivity contribution in [1.29, 1.82) is 0 Å². The average Bonchev–Trinajstić information content (AvgIpc) is 1.95. The largest absolute Gasteiger partial charge is 0.444 e. The minimum absolute atomic E-state index is 0.141. The zero-order valence-electron chi connectivity index (χ0n) is 11.2. The second-order valence-electron chi connectivity index (χ2n) is 4.97. The fraction of sp³-hybridized carbons (Fsp3) is 0.900. The summed E-state index contributed by atoms with van der Waals surface area (Å²) in [6, 6.07) is 0. The number of amides is 1. The van der Waals surface area contributed by atoms with E-state index in [9.17, 15) is 13.2 Å². The van der Waals surface area contributed by atoms with Gasteiger partial charge in [0.1, 0.15) is 5.60 Å². The molecule has 1 amide bonds. The fourth-order valence-electron chi connectivity index (χ4n) is 1.13.